The fourth-order valence-electron chi connectivity index (χ4n) is 1.43. The van der Waals surface area contributed by atoms with Crippen molar-refractivity contribution in [2.24, 2.45) is 5.73 Å². The molecule has 3 N–H and O–H groups in total. The van der Waals surface area contributed by atoms with Crippen molar-refractivity contribution in [1.82, 2.24) is 0 Å². The van der Waals surface area contributed by atoms with Crippen LogP contribution in [0.25, 0.3) is 0 Å². The molecule has 1 aromatic rings. The summed E-state index contributed by atoms with van der Waals surface area (Å²) in [5.74, 6) is 0.703. The molecule has 13 heavy (non-hydrogen) atoms. The van der Waals surface area contributed by atoms with Gasteiger partial charge in [0.25, 0.3) is 0 Å². The molecule has 68 valence electrons. The molecule has 2 rings (SSSR count). The molecule has 0 saturated heterocycles. The zero-order chi connectivity index (χ0) is 9.26. The van der Waals surface area contributed by atoms with Gasteiger partial charge >= 0.3 is 6.03 Å². The predicted octanol–water partition coefficient (Wildman–Crippen LogP) is 2.05. The molecule has 0 radical (unpaired) electrons. The molecule has 1 aromatic carbocycles. The Balaban J connectivity index is 2.16. The van der Waals surface area contributed by atoms with Gasteiger partial charge in [-0.15, -0.1) is 0 Å². The van der Waals surface area contributed by atoms with E-state index in [9.17, 15) is 4.79 Å². The maximum Gasteiger partial charge on any atom is 0.316 e. The van der Waals surface area contributed by atoms with E-state index < -0.39 is 6.03 Å². The van der Waals surface area contributed by atoms with E-state index >= 15 is 0 Å². The summed E-state index contributed by atoms with van der Waals surface area (Å²) in [5, 5.41) is 2.57. The van der Waals surface area contributed by atoms with Crippen molar-refractivity contribution in [2.75, 3.05) is 5.32 Å². The monoisotopic (exact) mass is 176 g/mol. The fourth-order valence-corrected chi connectivity index (χ4v) is 1.43. The second kappa shape index (κ2) is 3.09. The van der Waals surface area contributed by atoms with E-state index in [1.165, 1.54) is 18.4 Å². The molecule has 0 aliphatic heterocycles. The number of amides is 2. The second-order valence-corrected chi connectivity index (χ2v) is 3.39. The number of benzene rings is 1. The van der Waals surface area contributed by atoms with E-state index in [-0.39, 0.29) is 0 Å². The zero-order valence-electron chi connectivity index (χ0n) is 7.29. The summed E-state index contributed by atoms with van der Waals surface area (Å²) in [4.78, 5) is 10.6. The first-order chi connectivity index (χ1) is 6.25. The van der Waals surface area contributed by atoms with Gasteiger partial charge in [-0.2, -0.15) is 0 Å². The number of hydrogen-bond donors (Lipinski definition) is 2. The molecule has 1 saturated carbocycles. The van der Waals surface area contributed by atoms with Gasteiger partial charge in [-0.3, -0.25) is 0 Å². The van der Waals surface area contributed by atoms with Crippen LogP contribution >= 0.6 is 0 Å². The van der Waals surface area contributed by atoms with Crippen LogP contribution in [0.2, 0.25) is 0 Å². The Morgan fingerprint density at radius 2 is 2.23 bits per heavy atom. The summed E-state index contributed by atoms with van der Waals surface area (Å²) in [6, 6.07) is 7.36. The smallest absolute Gasteiger partial charge is 0.316 e. The summed E-state index contributed by atoms with van der Waals surface area (Å²) >= 11 is 0. The van der Waals surface area contributed by atoms with Crippen molar-refractivity contribution in [1.29, 1.82) is 0 Å². The average molecular weight is 176 g/mol. The molecule has 0 unspecified atom stereocenters. The van der Waals surface area contributed by atoms with Crippen LogP contribution in [0.5, 0.6) is 0 Å². The topological polar surface area (TPSA) is 55.1 Å². The van der Waals surface area contributed by atoms with E-state index in [1.807, 2.05) is 18.2 Å². The Hall–Kier alpha value is -1.51. The summed E-state index contributed by atoms with van der Waals surface area (Å²) < 4.78 is 0. The number of carbonyl (C=O) groups is 1. The van der Waals surface area contributed by atoms with Gasteiger partial charge in [0.05, 0.1) is 0 Å². The molecule has 0 spiro atoms. The van der Waals surface area contributed by atoms with Gasteiger partial charge in [0.2, 0.25) is 0 Å². The quantitative estimate of drug-likeness (QED) is 0.712. The van der Waals surface area contributed by atoms with Crippen LogP contribution in [0.1, 0.15) is 24.3 Å². The SMILES string of the molecule is NC(=O)Nc1cccc(C2CC2)c1. The maximum absolute atomic E-state index is 10.6. The summed E-state index contributed by atoms with van der Waals surface area (Å²) in [5.41, 5.74) is 7.10. The molecule has 2 amide bonds. The van der Waals surface area contributed by atoms with E-state index in [2.05, 4.69) is 11.4 Å². The fraction of sp³-hybridized carbons (Fsp3) is 0.300. The lowest BCUT2D eigenvalue weighted by molar-refractivity contribution is 0.259. The van der Waals surface area contributed by atoms with Crippen molar-refractivity contribution >= 4 is 11.7 Å². The lowest BCUT2D eigenvalue weighted by Crippen LogP contribution is -2.19. The van der Waals surface area contributed by atoms with E-state index in [0.29, 0.717) is 5.92 Å². The highest BCUT2D eigenvalue weighted by Crippen LogP contribution is 2.40. The van der Waals surface area contributed by atoms with Crippen molar-refractivity contribution in [3.05, 3.63) is 29.8 Å². The first kappa shape index (κ1) is 8.10. The summed E-state index contributed by atoms with van der Waals surface area (Å²) in [7, 11) is 0. The van der Waals surface area contributed by atoms with Gasteiger partial charge in [-0.05, 0) is 36.5 Å². The molecule has 1 aliphatic rings. The molecule has 0 atom stereocenters. The van der Waals surface area contributed by atoms with Crippen molar-refractivity contribution < 1.29 is 4.79 Å². The summed E-state index contributed by atoms with van der Waals surface area (Å²) in [6.07, 6.45) is 2.53. The maximum atomic E-state index is 10.6. The highest BCUT2D eigenvalue weighted by molar-refractivity contribution is 5.87. The molecular weight excluding hydrogens is 164 g/mol. The lowest BCUT2D eigenvalue weighted by atomic mass is 10.1. The van der Waals surface area contributed by atoms with Crippen molar-refractivity contribution in [2.45, 2.75) is 18.8 Å². The van der Waals surface area contributed by atoms with Crippen LogP contribution in [0.15, 0.2) is 24.3 Å². The standard InChI is InChI=1S/C10H12N2O/c11-10(13)12-9-3-1-2-8(6-9)7-4-5-7/h1-3,6-7H,4-5H2,(H3,11,12,13). The van der Waals surface area contributed by atoms with Gasteiger partial charge in [0.1, 0.15) is 0 Å². The Bertz CT molecular complexity index is 331. The van der Waals surface area contributed by atoms with E-state index in [0.717, 1.165) is 5.69 Å². The average Bonchev–Trinajstić information content (AvgIpc) is 2.85. The zero-order valence-corrected chi connectivity index (χ0v) is 7.29. The molecule has 0 bridgehead atoms. The number of carbonyl (C=O) groups excluding carboxylic acids is 1. The minimum atomic E-state index is -0.507. The third-order valence-electron chi connectivity index (χ3n) is 2.20. The molecule has 1 fully saturated rings. The minimum absolute atomic E-state index is 0.507. The first-order valence-corrected chi connectivity index (χ1v) is 4.42. The number of nitrogens with one attached hydrogen (secondary N) is 1. The Morgan fingerprint density at radius 3 is 2.85 bits per heavy atom. The third kappa shape index (κ3) is 1.99. The number of primary amides is 1. The number of anilines is 1. The van der Waals surface area contributed by atoms with Gasteiger partial charge in [0, 0.05) is 5.69 Å². The van der Waals surface area contributed by atoms with Crippen LogP contribution < -0.4 is 11.1 Å². The molecule has 0 heterocycles. The Kier molecular flexibility index (Phi) is 1.93. The number of rotatable bonds is 2. The molecule has 3 heteroatoms. The number of urea groups is 1. The van der Waals surface area contributed by atoms with Gasteiger partial charge in [-0.1, -0.05) is 12.1 Å². The van der Waals surface area contributed by atoms with E-state index in [1.54, 1.807) is 0 Å². The van der Waals surface area contributed by atoms with E-state index in [4.69, 9.17) is 5.73 Å². The Labute approximate surface area is 76.9 Å². The van der Waals surface area contributed by atoms with Crippen molar-refractivity contribution in [3.8, 4) is 0 Å². The van der Waals surface area contributed by atoms with Gasteiger partial charge < -0.3 is 11.1 Å². The second-order valence-electron chi connectivity index (χ2n) is 3.39. The van der Waals surface area contributed by atoms with Crippen LogP contribution in [0.3, 0.4) is 0 Å². The number of hydrogen-bond acceptors (Lipinski definition) is 1. The van der Waals surface area contributed by atoms with Crippen LogP contribution in [-0.4, -0.2) is 6.03 Å². The van der Waals surface area contributed by atoms with Gasteiger partial charge in [0.15, 0.2) is 0 Å². The molecule has 1 aliphatic carbocycles. The number of nitrogens with two attached hydrogens (primary N) is 1. The van der Waals surface area contributed by atoms with Crippen LogP contribution in [0, 0.1) is 0 Å². The largest absolute Gasteiger partial charge is 0.351 e. The highest BCUT2D eigenvalue weighted by Gasteiger charge is 2.23. The summed E-state index contributed by atoms with van der Waals surface area (Å²) in [6.45, 7) is 0. The normalized spacial score (nSPS) is 15.4. The third-order valence-corrected chi connectivity index (χ3v) is 2.20. The minimum Gasteiger partial charge on any atom is -0.351 e. The predicted molar refractivity (Wildman–Crippen MR) is 51.6 cm³/mol. The lowest BCUT2D eigenvalue weighted by Gasteiger charge is -2.03. The molecule has 3 nitrogen and oxygen atoms in total. The molecular formula is C10H12N2O. The first-order valence-electron chi connectivity index (χ1n) is 4.42. The van der Waals surface area contributed by atoms with Gasteiger partial charge in [-0.25, -0.2) is 4.79 Å². The van der Waals surface area contributed by atoms with Crippen molar-refractivity contribution in [3.63, 3.8) is 0 Å². The highest BCUT2D eigenvalue weighted by atomic mass is 16.2. The molecule has 0 aromatic heterocycles. The van der Waals surface area contributed by atoms with Crippen LogP contribution in [0.4, 0.5) is 10.5 Å². The Morgan fingerprint density at radius 1 is 1.46 bits per heavy atom. The van der Waals surface area contributed by atoms with Crippen LogP contribution in [-0.2, 0) is 0 Å².